The Morgan fingerprint density at radius 3 is 2.92 bits per heavy atom. The molecule has 68 valence electrons. The molecule has 1 aliphatic rings. The van der Waals surface area contributed by atoms with Gasteiger partial charge in [0.1, 0.15) is 0 Å². The molecule has 0 radical (unpaired) electrons. The molecule has 1 heterocycles. The zero-order chi connectivity index (χ0) is 9.03. The first kappa shape index (κ1) is 9.95. The Morgan fingerprint density at radius 2 is 2.33 bits per heavy atom. The number of hydrogen-bond acceptors (Lipinski definition) is 2. The zero-order valence-corrected chi connectivity index (χ0v) is 8.78. The van der Waals surface area contributed by atoms with Gasteiger partial charge in [0.25, 0.3) is 0 Å². The lowest BCUT2D eigenvalue weighted by molar-refractivity contribution is 0.148. The van der Waals surface area contributed by atoms with Crippen LogP contribution in [-0.2, 0) is 0 Å². The summed E-state index contributed by atoms with van der Waals surface area (Å²) < 4.78 is 0. The largest absolute Gasteiger partial charge is 0.296 e. The van der Waals surface area contributed by atoms with Crippen molar-refractivity contribution in [1.82, 2.24) is 4.90 Å². The topological polar surface area (TPSA) is 3.24 Å². The molecule has 12 heavy (non-hydrogen) atoms. The number of rotatable bonds is 2. The summed E-state index contributed by atoms with van der Waals surface area (Å²) >= 11 is 2.05. The van der Waals surface area contributed by atoms with Gasteiger partial charge in [0, 0.05) is 36.6 Å². The lowest BCUT2D eigenvalue weighted by Crippen LogP contribution is -2.50. The molecule has 1 fully saturated rings. The molecule has 0 aromatic heterocycles. The second-order valence-electron chi connectivity index (χ2n) is 3.81. The van der Waals surface area contributed by atoms with Crippen molar-refractivity contribution in [2.75, 3.05) is 24.6 Å². The zero-order valence-electron chi connectivity index (χ0n) is 7.97. The summed E-state index contributed by atoms with van der Waals surface area (Å²) in [4.78, 5) is 2.50. The van der Waals surface area contributed by atoms with Crippen molar-refractivity contribution in [2.45, 2.75) is 25.8 Å². The standard InChI is InChI=1S/C10H17NS/c1-4-5-6-11-7-8-12-9-10(11,2)3/h1H,5-9H2,2-3H3. The first-order valence-corrected chi connectivity index (χ1v) is 5.58. The van der Waals surface area contributed by atoms with Gasteiger partial charge in [-0.25, -0.2) is 0 Å². The molecule has 0 aromatic rings. The SMILES string of the molecule is C#CCCN1CCSCC1(C)C. The van der Waals surface area contributed by atoms with Crippen LogP contribution in [0.3, 0.4) is 0 Å². The van der Waals surface area contributed by atoms with E-state index in [1.54, 1.807) is 0 Å². The van der Waals surface area contributed by atoms with Gasteiger partial charge >= 0.3 is 0 Å². The van der Waals surface area contributed by atoms with E-state index in [2.05, 4.69) is 24.7 Å². The molecular weight excluding hydrogens is 166 g/mol. The Kier molecular flexibility index (Phi) is 3.49. The molecular formula is C10H17NS. The van der Waals surface area contributed by atoms with Crippen LogP contribution in [-0.4, -0.2) is 35.0 Å². The van der Waals surface area contributed by atoms with Crippen LogP contribution >= 0.6 is 11.8 Å². The minimum atomic E-state index is 0.347. The van der Waals surface area contributed by atoms with E-state index in [0.717, 1.165) is 13.0 Å². The first-order chi connectivity index (χ1) is 5.67. The lowest BCUT2D eigenvalue weighted by atomic mass is 10.1. The predicted octanol–water partition coefficient (Wildman–Crippen LogP) is 1.84. The summed E-state index contributed by atoms with van der Waals surface area (Å²) in [5, 5.41) is 0. The molecule has 0 unspecified atom stereocenters. The Morgan fingerprint density at radius 1 is 1.58 bits per heavy atom. The van der Waals surface area contributed by atoms with Crippen molar-refractivity contribution in [2.24, 2.45) is 0 Å². The molecule has 0 spiro atoms. The normalized spacial score (nSPS) is 23.4. The van der Waals surface area contributed by atoms with Crippen molar-refractivity contribution in [1.29, 1.82) is 0 Å². The molecule has 0 amide bonds. The van der Waals surface area contributed by atoms with Crippen LogP contribution in [0.2, 0.25) is 0 Å². The Labute approximate surface area is 79.9 Å². The lowest BCUT2D eigenvalue weighted by Gasteiger charge is -2.41. The van der Waals surface area contributed by atoms with Crippen molar-refractivity contribution in [3.05, 3.63) is 0 Å². The Bertz CT molecular complexity index is 181. The summed E-state index contributed by atoms with van der Waals surface area (Å²) in [5.74, 6) is 5.20. The number of thioether (sulfide) groups is 1. The van der Waals surface area contributed by atoms with Gasteiger partial charge in [-0.3, -0.25) is 4.90 Å². The second-order valence-corrected chi connectivity index (χ2v) is 4.91. The van der Waals surface area contributed by atoms with Crippen LogP contribution in [0.1, 0.15) is 20.3 Å². The van der Waals surface area contributed by atoms with Crippen LogP contribution in [0, 0.1) is 12.3 Å². The number of hydrogen-bond donors (Lipinski definition) is 0. The third-order valence-electron chi connectivity index (χ3n) is 2.34. The predicted molar refractivity (Wildman–Crippen MR) is 56.4 cm³/mol. The Balaban J connectivity index is 2.44. The van der Waals surface area contributed by atoms with Crippen molar-refractivity contribution in [3.63, 3.8) is 0 Å². The molecule has 1 aliphatic heterocycles. The molecule has 0 N–H and O–H groups in total. The summed E-state index contributed by atoms with van der Waals surface area (Å²) in [6, 6.07) is 0. The van der Waals surface area contributed by atoms with Gasteiger partial charge in [0.15, 0.2) is 0 Å². The molecule has 1 nitrogen and oxygen atoms in total. The van der Waals surface area contributed by atoms with Gasteiger partial charge in [-0.15, -0.1) is 12.3 Å². The van der Waals surface area contributed by atoms with E-state index in [0.29, 0.717) is 5.54 Å². The van der Waals surface area contributed by atoms with Crippen molar-refractivity contribution in [3.8, 4) is 12.3 Å². The third-order valence-corrected chi connectivity index (χ3v) is 3.72. The van der Waals surface area contributed by atoms with Gasteiger partial charge in [-0.2, -0.15) is 11.8 Å². The van der Waals surface area contributed by atoms with E-state index < -0.39 is 0 Å². The Hall–Kier alpha value is -0.130. The molecule has 2 heteroatoms. The first-order valence-electron chi connectivity index (χ1n) is 4.43. The maximum absolute atomic E-state index is 5.25. The van der Waals surface area contributed by atoms with Gasteiger partial charge in [0.2, 0.25) is 0 Å². The summed E-state index contributed by atoms with van der Waals surface area (Å²) in [7, 11) is 0. The van der Waals surface area contributed by atoms with Gasteiger partial charge < -0.3 is 0 Å². The fourth-order valence-electron chi connectivity index (χ4n) is 1.50. The fourth-order valence-corrected chi connectivity index (χ4v) is 2.68. The van der Waals surface area contributed by atoms with E-state index in [1.165, 1.54) is 18.1 Å². The third kappa shape index (κ3) is 2.43. The minimum Gasteiger partial charge on any atom is -0.296 e. The van der Waals surface area contributed by atoms with Crippen molar-refractivity contribution >= 4 is 11.8 Å². The van der Waals surface area contributed by atoms with E-state index in [9.17, 15) is 0 Å². The smallest absolute Gasteiger partial charge is 0.0244 e. The molecule has 1 saturated heterocycles. The average molecular weight is 183 g/mol. The van der Waals surface area contributed by atoms with Gasteiger partial charge in [0.05, 0.1) is 0 Å². The van der Waals surface area contributed by atoms with Crippen LogP contribution in [0.5, 0.6) is 0 Å². The second kappa shape index (κ2) is 4.20. The maximum atomic E-state index is 5.25. The number of nitrogens with zero attached hydrogens (tertiary/aromatic N) is 1. The molecule has 0 aromatic carbocycles. The highest BCUT2D eigenvalue weighted by molar-refractivity contribution is 7.99. The molecule has 0 bridgehead atoms. The molecule has 0 saturated carbocycles. The summed E-state index contributed by atoms with van der Waals surface area (Å²) in [6.07, 6.45) is 6.14. The molecule has 0 atom stereocenters. The summed E-state index contributed by atoms with van der Waals surface area (Å²) in [5.41, 5.74) is 0.347. The molecule has 1 rings (SSSR count). The monoisotopic (exact) mass is 183 g/mol. The minimum absolute atomic E-state index is 0.347. The molecule has 0 aliphatic carbocycles. The van der Waals surface area contributed by atoms with Crippen molar-refractivity contribution < 1.29 is 0 Å². The van der Waals surface area contributed by atoms with Crippen LogP contribution in [0.15, 0.2) is 0 Å². The highest BCUT2D eigenvalue weighted by Gasteiger charge is 2.28. The highest BCUT2D eigenvalue weighted by atomic mass is 32.2. The quantitative estimate of drug-likeness (QED) is 0.601. The maximum Gasteiger partial charge on any atom is 0.0244 e. The van der Waals surface area contributed by atoms with E-state index >= 15 is 0 Å². The van der Waals surface area contributed by atoms with Crippen LogP contribution in [0.25, 0.3) is 0 Å². The van der Waals surface area contributed by atoms with Crippen LogP contribution < -0.4 is 0 Å². The van der Waals surface area contributed by atoms with Gasteiger partial charge in [-0.05, 0) is 13.8 Å². The summed E-state index contributed by atoms with van der Waals surface area (Å²) in [6.45, 7) is 6.86. The van der Waals surface area contributed by atoms with E-state index in [4.69, 9.17) is 6.42 Å². The van der Waals surface area contributed by atoms with Crippen LogP contribution in [0.4, 0.5) is 0 Å². The fraction of sp³-hybridized carbons (Fsp3) is 0.800. The van der Waals surface area contributed by atoms with E-state index in [1.807, 2.05) is 11.8 Å². The van der Waals surface area contributed by atoms with E-state index in [-0.39, 0.29) is 0 Å². The number of terminal acetylenes is 1. The van der Waals surface area contributed by atoms with Gasteiger partial charge in [-0.1, -0.05) is 0 Å². The highest BCUT2D eigenvalue weighted by Crippen LogP contribution is 2.25. The average Bonchev–Trinajstić information content (AvgIpc) is 2.02.